The van der Waals surface area contributed by atoms with Gasteiger partial charge in [0.05, 0.1) is 0 Å². The predicted molar refractivity (Wildman–Crippen MR) is 58.6 cm³/mol. The molecule has 0 aliphatic rings. The first-order valence-corrected chi connectivity index (χ1v) is 9.19. The van der Waals surface area contributed by atoms with E-state index in [1.807, 2.05) is 37.3 Å². The molecule has 0 fully saturated rings. The summed E-state index contributed by atoms with van der Waals surface area (Å²) in [5.41, 5.74) is 0.925. The molecule has 0 bridgehead atoms. The molecular weight excluding hydrogens is 259 g/mol. The van der Waals surface area contributed by atoms with Crippen LogP contribution in [0.15, 0.2) is 30.3 Å². The number of hydrogen-bond acceptors (Lipinski definition) is 3. The molecule has 0 saturated carbocycles. The van der Waals surface area contributed by atoms with Gasteiger partial charge in [-0.15, -0.1) is 0 Å². The van der Waals surface area contributed by atoms with Gasteiger partial charge >= 0.3 is 91.8 Å². The first kappa shape index (κ1) is 12.4. The summed E-state index contributed by atoms with van der Waals surface area (Å²) >= 11 is -3.74. The molecule has 0 aromatic heterocycles. The van der Waals surface area contributed by atoms with Gasteiger partial charge in [-0.1, -0.05) is 0 Å². The Morgan fingerprint density at radius 1 is 1.27 bits per heavy atom. The number of benzene rings is 1. The van der Waals surface area contributed by atoms with Gasteiger partial charge < -0.3 is 0 Å². The van der Waals surface area contributed by atoms with Gasteiger partial charge in [-0.25, -0.2) is 0 Å². The molecule has 1 unspecified atom stereocenters. The van der Waals surface area contributed by atoms with Crippen LogP contribution in [0.5, 0.6) is 0 Å². The second-order valence-corrected chi connectivity index (χ2v) is 8.03. The van der Waals surface area contributed by atoms with Crippen molar-refractivity contribution < 1.29 is 12.4 Å². The molecule has 0 aliphatic heterocycles. The van der Waals surface area contributed by atoms with Gasteiger partial charge in [0.25, 0.3) is 0 Å². The maximum absolute atomic E-state index is 11.3. The Balaban J connectivity index is 2.84. The SMILES string of the molecule is CCOC(C[Se](C)(=O)=O)c1ccccc1. The second kappa shape index (κ2) is 5.40. The average Bonchev–Trinajstić information content (AvgIpc) is 2.17. The summed E-state index contributed by atoms with van der Waals surface area (Å²) in [6.07, 6.45) is -0.323. The summed E-state index contributed by atoms with van der Waals surface area (Å²) in [7, 11) is 0. The number of rotatable bonds is 5. The van der Waals surface area contributed by atoms with Crippen LogP contribution in [-0.2, 0) is 12.4 Å². The van der Waals surface area contributed by atoms with Crippen molar-refractivity contribution in [1.82, 2.24) is 0 Å². The Morgan fingerprint density at radius 3 is 2.33 bits per heavy atom. The Morgan fingerprint density at radius 2 is 1.87 bits per heavy atom. The molecule has 84 valence electrons. The number of ether oxygens (including phenoxy) is 1. The fourth-order valence-corrected chi connectivity index (χ4v) is 3.14. The molecule has 0 amide bonds. The molecule has 0 aliphatic carbocycles. The van der Waals surface area contributed by atoms with E-state index in [4.69, 9.17) is 4.74 Å². The van der Waals surface area contributed by atoms with Crippen molar-refractivity contribution in [3.63, 3.8) is 0 Å². The molecule has 1 atom stereocenters. The van der Waals surface area contributed by atoms with E-state index in [9.17, 15) is 7.67 Å². The van der Waals surface area contributed by atoms with Crippen LogP contribution >= 0.6 is 0 Å². The summed E-state index contributed by atoms with van der Waals surface area (Å²) in [4.78, 5) is 0. The van der Waals surface area contributed by atoms with E-state index < -0.39 is 12.7 Å². The zero-order valence-electron chi connectivity index (χ0n) is 9.01. The third-order valence-electron chi connectivity index (χ3n) is 1.99. The summed E-state index contributed by atoms with van der Waals surface area (Å²) in [6, 6.07) is 9.46. The summed E-state index contributed by atoms with van der Waals surface area (Å²) in [5, 5.41) is 0.106. The van der Waals surface area contributed by atoms with Gasteiger partial charge in [0.1, 0.15) is 0 Å². The Labute approximate surface area is 92.1 Å². The zero-order chi connectivity index (χ0) is 11.3. The molecule has 15 heavy (non-hydrogen) atoms. The quantitative estimate of drug-likeness (QED) is 0.776. The van der Waals surface area contributed by atoms with Crippen LogP contribution in [0.4, 0.5) is 0 Å². The minimum atomic E-state index is -3.74. The molecule has 0 heterocycles. The monoisotopic (exact) mass is 276 g/mol. The normalized spacial score (nSPS) is 13.7. The Kier molecular flexibility index (Phi) is 4.45. The van der Waals surface area contributed by atoms with Crippen molar-refractivity contribution in [3.05, 3.63) is 35.9 Å². The third-order valence-corrected chi connectivity index (χ3v) is 3.90. The van der Waals surface area contributed by atoms with Crippen LogP contribution in [0.2, 0.25) is 11.1 Å². The van der Waals surface area contributed by atoms with Gasteiger partial charge in [-0.2, -0.15) is 0 Å². The third kappa shape index (κ3) is 4.56. The van der Waals surface area contributed by atoms with Gasteiger partial charge in [-0.05, 0) is 0 Å². The van der Waals surface area contributed by atoms with Gasteiger partial charge in [0.2, 0.25) is 0 Å². The maximum atomic E-state index is 11.3. The molecule has 1 aromatic rings. The van der Waals surface area contributed by atoms with Crippen LogP contribution in [-0.4, -0.2) is 19.3 Å². The van der Waals surface area contributed by atoms with Gasteiger partial charge in [0, 0.05) is 0 Å². The summed E-state index contributed by atoms with van der Waals surface area (Å²) < 4.78 is 28.0. The summed E-state index contributed by atoms with van der Waals surface area (Å²) in [6.45, 7) is 2.39. The molecule has 0 spiro atoms. The first-order chi connectivity index (χ1) is 7.03. The second-order valence-electron chi connectivity index (χ2n) is 3.45. The van der Waals surface area contributed by atoms with Crippen LogP contribution in [0.3, 0.4) is 0 Å². The fraction of sp³-hybridized carbons (Fsp3) is 0.455. The van der Waals surface area contributed by atoms with E-state index in [-0.39, 0.29) is 11.4 Å². The molecule has 1 rings (SSSR count). The van der Waals surface area contributed by atoms with E-state index in [0.717, 1.165) is 5.56 Å². The van der Waals surface area contributed by atoms with Gasteiger partial charge in [-0.3, -0.25) is 0 Å². The van der Waals surface area contributed by atoms with E-state index in [1.54, 1.807) is 0 Å². The van der Waals surface area contributed by atoms with Crippen LogP contribution in [0, 0.1) is 0 Å². The van der Waals surface area contributed by atoms with E-state index in [1.165, 1.54) is 5.82 Å². The summed E-state index contributed by atoms with van der Waals surface area (Å²) in [5.74, 6) is 1.30. The molecule has 0 N–H and O–H groups in total. The van der Waals surface area contributed by atoms with E-state index >= 15 is 0 Å². The Bertz CT molecular complexity index is 384. The van der Waals surface area contributed by atoms with Crippen LogP contribution in [0.1, 0.15) is 18.6 Å². The van der Waals surface area contributed by atoms with Crippen LogP contribution < -0.4 is 0 Å². The molecule has 0 radical (unpaired) electrons. The standard InChI is InChI=1S/C11H16O3Se/c1-3-14-11(9-15(2,12)13)10-7-5-4-6-8-10/h4-8,11H,3,9H2,1-2H3. The van der Waals surface area contributed by atoms with Crippen molar-refractivity contribution in [1.29, 1.82) is 0 Å². The molecular formula is C11H16O3Se. The van der Waals surface area contributed by atoms with Crippen molar-refractivity contribution in [3.8, 4) is 0 Å². The molecule has 3 nitrogen and oxygen atoms in total. The van der Waals surface area contributed by atoms with Crippen molar-refractivity contribution in [2.75, 3.05) is 6.61 Å². The topological polar surface area (TPSA) is 43.4 Å². The first-order valence-electron chi connectivity index (χ1n) is 4.87. The fourth-order valence-electron chi connectivity index (χ4n) is 1.38. The average molecular weight is 275 g/mol. The molecule has 1 aromatic carbocycles. The van der Waals surface area contributed by atoms with Gasteiger partial charge in [0.15, 0.2) is 0 Å². The van der Waals surface area contributed by atoms with Crippen molar-refractivity contribution in [2.45, 2.75) is 24.2 Å². The molecule has 0 saturated heterocycles. The van der Waals surface area contributed by atoms with E-state index in [0.29, 0.717) is 6.61 Å². The zero-order valence-corrected chi connectivity index (χ0v) is 10.7. The minimum absolute atomic E-state index is 0.106. The molecule has 4 heteroatoms. The predicted octanol–water partition coefficient (Wildman–Crippen LogP) is 2.70. The van der Waals surface area contributed by atoms with E-state index in [2.05, 4.69) is 0 Å². The number of hydrogen-bond donors (Lipinski definition) is 0. The van der Waals surface area contributed by atoms with Crippen molar-refractivity contribution >= 4 is 12.7 Å². The van der Waals surface area contributed by atoms with Crippen molar-refractivity contribution in [2.24, 2.45) is 0 Å². The Hall–Kier alpha value is -0.701. The van der Waals surface area contributed by atoms with Crippen LogP contribution in [0.25, 0.3) is 0 Å².